The van der Waals surface area contributed by atoms with Crippen LogP contribution < -0.4 is 0 Å². The van der Waals surface area contributed by atoms with Crippen molar-refractivity contribution in [2.75, 3.05) is 0 Å². The molecule has 4 heteroatoms. The Morgan fingerprint density at radius 2 is 1.89 bits per heavy atom. The summed E-state index contributed by atoms with van der Waals surface area (Å²) in [5.41, 5.74) is 0.764. The summed E-state index contributed by atoms with van der Waals surface area (Å²) in [6.45, 7) is 0. The van der Waals surface area contributed by atoms with Crippen LogP contribution in [0.5, 0.6) is 0 Å². The Morgan fingerprint density at radius 1 is 1.11 bits per heavy atom. The summed E-state index contributed by atoms with van der Waals surface area (Å²) in [6, 6.07) is 9.89. The molecule has 94 valence electrons. The zero-order chi connectivity index (χ0) is 13.1. The summed E-state index contributed by atoms with van der Waals surface area (Å²) in [6.07, 6.45) is -0.872. The molecule has 0 bridgehead atoms. The molecule has 0 aliphatic rings. The molecule has 1 nitrogen and oxygen atoms in total. The Morgan fingerprint density at radius 3 is 2.56 bits per heavy atom. The molecule has 0 heterocycles. The fourth-order valence-corrected chi connectivity index (χ4v) is 1.89. The third kappa shape index (κ3) is 3.06. The zero-order valence-corrected chi connectivity index (χ0v) is 10.2. The van der Waals surface area contributed by atoms with E-state index in [9.17, 15) is 13.9 Å². The normalized spacial score (nSPS) is 12.4. The third-order valence-corrected chi connectivity index (χ3v) is 2.90. The number of aliphatic hydroxyl groups is 1. The van der Waals surface area contributed by atoms with Gasteiger partial charge in [0, 0.05) is 11.4 Å². The predicted octanol–water partition coefficient (Wildman–Crippen LogP) is 3.89. The lowest BCUT2D eigenvalue weighted by atomic mass is 10.0. The van der Waals surface area contributed by atoms with E-state index in [1.54, 1.807) is 12.1 Å². The molecule has 0 saturated heterocycles. The Bertz CT molecular complexity index is 557. The van der Waals surface area contributed by atoms with Gasteiger partial charge >= 0.3 is 0 Å². The molecule has 0 aliphatic heterocycles. The van der Waals surface area contributed by atoms with Crippen LogP contribution in [-0.4, -0.2) is 5.11 Å². The first-order chi connectivity index (χ1) is 8.56. The Kier molecular flexibility index (Phi) is 3.94. The molecule has 0 saturated carbocycles. The van der Waals surface area contributed by atoms with Gasteiger partial charge in [-0.1, -0.05) is 29.8 Å². The van der Waals surface area contributed by atoms with Crippen molar-refractivity contribution >= 4 is 11.6 Å². The smallest absolute Gasteiger partial charge is 0.127 e. The maximum absolute atomic E-state index is 13.5. The van der Waals surface area contributed by atoms with Crippen molar-refractivity contribution in [2.24, 2.45) is 0 Å². The van der Waals surface area contributed by atoms with Crippen LogP contribution in [-0.2, 0) is 6.42 Å². The standard InChI is InChI=1S/C14H11ClF2O/c15-11-5-4-9(13(17)8-11)7-14(18)10-2-1-3-12(16)6-10/h1-6,8,14,18H,7H2. The number of aliphatic hydroxyl groups excluding tert-OH is 1. The summed E-state index contributed by atoms with van der Waals surface area (Å²) in [5, 5.41) is 10.2. The maximum atomic E-state index is 13.5. The van der Waals surface area contributed by atoms with Crippen LogP contribution >= 0.6 is 11.6 Å². The molecule has 0 amide bonds. The van der Waals surface area contributed by atoms with Crippen molar-refractivity contribution in [3.8, 4) is 0 Å². The fraction of sp³-hybridized carbons (Fsp3) is 0.143. The van der Waals surface area contributed by atoms with Crippen molar-refractivity contribution in [3.63, 3.8) is 0 Å². The van der Waals surface area contributed by atoms with Gasteiger partial charge in [0.15, 0.2) is 0 Å². The van der Waals surface area contributed by atoms with E-state index in [0.29, 0.717) is 16.1 Å². The minimum atomic E-state index is -0.948. The lowest BCUT2D eigenvalue weighted by molar-refractivity contribution is 0.176. The zero-order valence-electron chi connectivity index (χ0n) is 9.41. The number of benzene rings is 2. The van der Waals surface area contributed by atoms with Crippen molar-refractivity contribution in [3.05, 3.63) is 70.2 Å². The molecule has 0 fully saturated rings. The van der Waals surface area contributed by atoms with Gasteiger partial charge in [0.2, 0.25) is 0 Å². The van der Waals surface area contributed by atoms with Gasteiger partial charge in [0.05, 0.1) is 6.10 Å². The first-order valence-corrected chi connectivity index (χ1v) is 5.81. The van der Waals surface area contributed by atoms with Crippen LogP contribution in [0.1, 0.15) is 17.2 Å². The molecular weight excluding hydrogens is 258 g/mol. The molecule has 0 radical (unpaired) electrons. The predicted molar refractivity (Wildman–Crippen MR) is 66.5 cm³/mol. The monoisotopic (exact) mass is 268 g/mol. The van der Waals surface area contributed by atoms with Crippen molar-refractivity contribution in [2.45, 2.75) is 12.5 Å². The third-order valence-electron chi connectivity index (χ3n) is 2.66. The first-order valence-electron chi connectivity index (χ1n) is 5.44. The highest BCUT2D eigenvalue weighted by Gasteiger charge is 2.12. The van der Waals surface area contributed by atoms with E-state index in [-0.39, 0.29) is 6.42 Å². The second-order valence-corrected chi connectivity index (χ2v) is 4.45. The molecule has 2 rings (SSSR count). The molecule has 2 aromatic rings. The second kappa shape index (κ2) is 5.46. The van der Waals surface area contributed by atoms with E-state index in [1.807, 2.05) is 0 Å². The molecule has 0 spiro atoms. The van der Waals surface area contributed by atoms with E-state index in [1.165, 1.54) is 30.3 Å². The van der Waals surface area contributed by atoms with Crippen LogP contribution in [0, 0.1) is 11.6 Å². The van der Waals surface area contributed by atoms with Gasteiger partial charge in [-0.3, -0.25) is 0 Å². The topological polar surface area (TPSA) is 20.2 Å². The molecule has 1 N–H and O–H groups in total. The molecule has 2 aromatic carbocycles. The van der Waals surface area contributed by atoms with Crippen molar-refractivity contribution in [1.29, 1.82) is 0 Å². The van der Waals surface area contributed by atoms with Crippen molar-refractivity contribution in [1.82, 2.24) is 0 Å². The van der Waals surface area contributed by atoms with E-state index in [4.69, 9.17) is 11.6 Å². The Hall–Kier alpha value is -1.45. The van der Waals surface area contributed by atoms with E-state index in [2.05, 4.69) is 0 Å². The number of hydrogen-bond acceptors (Lipinski definition) is 1. The highest BCUT2D eigenvalue weighted by Crippen LogP contribution is 2.22. The first kappa shape index (κ1) is 13.0. The minimum Gasteiger partial charge on any atom is -0.388 e. The van der Waals surface area contributed by atoms with Crippen LogP contribution in [0.4, 0.5) is 8.78 Å². The lowest BCUT2D eigenvalue weighted by Gasteiger charge is -2.12. The van der Waals surface area contributed by atoms with Gasteiger partial charge in [0.25, 0.3) is 0 Å². The van der Waals surface area contributed by atoms with Gasteiger partial charge in [-0.05, 0) is 35.4 Å². The summed E-state index contributed by atoms with van der Waals surface area (Å²) in [4.78, 5) is 0. The number of rotatable bonds is 3. The molecule has 1 unspecified atom stereocenters. The average Bonchev–Trinajstić information content (AvgIpc) is 2.32. The van der Waals surface area contributed by atoms with Crippen LogP contribution in [0.25, 0.3) is 0 Å². The van der Waals surface area contributed by atoms with Crippen LogP contribution in [0.2, 0.25) is 5.02 Å². The summed E-state index contributed by atoms with van der Waals surface area (Å²) in [7, 11) is 0. The summed E-state index contributed by atoms with van der Waals surface area (Å²) in [5.74, 6) is -0.902. The number of hydrogen-bond donors (Lipinski definition) is 1. The largest absolute Gasteiger partial charge is 0.388 e. The second-order valence-electron chi connectivity index (χ2n) is 4.01. The van der Waals surface area contributed by atoms with E-state index < -0.39 is 17.7 Å². The quantitative estimate of drug-likeness (QED) is 0.895. The van der Waals surface area contributed by atoms with Gasteiger partial charge in [-0.15, -0.1) is 0 Å². The minimum absolute atomic E-state index is 0.0758. The average molecular weight is 269 g/mol. The molecule has 18 heavy (non-hydrogen) atoms. The fourth-order valence-electron chi connectivity index (χ4n) is 1.73. The van der Waals surface area contributed by atoms with Gasteiger partial charge < -0.3 is 5.11 Å². The van der Waals surface area contributed by atoms with Gasteiger partial charge in [0.1, 0.15) is 11.6 Å². The number of halogens is 3. The Balaban J connectivity index is 2.18. The highest BCUT2D eigenvalue weighted by atomic mass is 35.5. The SMILES string of the molecule is OC(Cc1ccc(Cl)cc1F)c1cccc(F)c1. The molecular formula is C14H11ClF2O. The molecule has 1 atom stereocenters. The van der Waals surface area contributed by atoms with E-state index >= 15 is 0 Å². The lowest BCUT2D eigenvalue weighted by Crippen LogP contribution is -2.03. The van der Waals surface area contributed by atoms with Gasteiger partial charge in [-0.25, -0.2) is 8.78 Å². The van der Waals surface area contributed by atoms with Crippen LogP contribution in [0.3, 0.4) is 0 Å². The van der Waals surface area contributed by atoms with Crippen molar-refractivity contribution < 1.29 is 13.9 Å². The molecule has 0 aliphatic carbocycles. The van der Waals surface area contributed by atoms with Crippen LogP contribution in [0.15, 0.2) is 42.5 Å². The Labute approximate surface area is 109 Å². The maximum Gasteiger partial charge on any atom is 0.127 e. The van der Waals surface area contributed by atoms with E-state index in [0.717, 1.165) is 0 Å². The molecule has 0 aromatic heterocycles. The highest BCUT2D eigenvalue weighted by molar-refractivity contribution is 6.30. The van der Waals surface area contributed by atoms with Gasteiger partial charge in [-0.2, -0.15) is 0 Å². The summed E-state index contributed by atoms with van der Waals surface area (Å²) >= 11 is 5.64. The summed E-state index contributed by atoms with van der Waals surface area (Å²) < 4.78 is 26.5.